The molecule has 37 heavy (non-hydrogen) atoms. The molecule has 5 rings (SSSR count). The van der Waals surface area contributed by atoms with Crippen LogP contribution in [0.25, 0.3) is 11.4 Å². The maximum absolute atomic E-state index is 13.2. The number of rotatable bonds is 7. The van der Waals surface area contributed by atoms with E-state index in [4.69, 9.17) is 4.52 Å². The molecule has 1 N–H and O–H groups in total. The fraction of sp³-hybridized carbons (Fsp3) is 0.222. The number of carbonyl (C=O) groups excluding carboxylic acids is 1. The molecular formula is C27H26N4O4S2. The normalized spacial score (nSPS) is 14.3. The maximum Gasteiger partial charge on any atom is 0.259 e. The Morgan fingerprint density at radius 3 is 2.46 bits per heavy atom. The van der Waals surface area contributed by atoms with E-state index in [2.05, 4.69) is 14.9 Å². The van der Waals surface area contributed by atoms with Gasteiger partial charge in [0.25, 0.3) is 5.91 Å². The van der Waals surface area contributed by atoms with Gasteiger partial charge < -0.3 is 9.42 Å². The Bertz CT molecular complexity index is 1550. The standard InChI is InChI=1S/C27H26N4O4S2/c1-4-31-21-15-14-18(16-23(21)36-22-13-9-8-12-20(22)27(31)32)25-28-26(35-29-25)24(17(2)3)30-37(33,34)19-10-6-5-7-11-19/h5-17,24,30H,4H2,1-3H3/t24-/m0/s1. The number of sulfonamides is 1. The second-order valence-corrected chi connectivity index (χ2v) is 11.7. The highest BCUT2D eigenvalue weighted by Crippen LogP contribution is 2.42. The minimum atomic E-state index is -3.79. The summed E-state index contributed by atoms with van der Waals surface area (Å²) >= 11 is 1.52. The first-order chi connectivity index (χ1) is 17.8. The van der Waals surface area contributed by atoms with Crippen LogP contribution in [0, 0.1) is 5.92 Å². The van der Waals surface area contributed by atoms with E-state index in [0.717, 1.165) is 15.5 Å². The van der Waals surface area contributed by atoms with Crippen molar-refractivity contribution in [1.29, 1.82) is 0 Å². The SMILES string of the molecule is CCN1C(=O)c2ccccc2Sc2cc(-c3noc([C@@H](NS(=O)(=O)c4ccccc4)C(C)C)n3)ccc21. The summed E-state index contributed by atoms with van der Waals surface area (Å²) in [6.45, 7) is 6.25. The molecule has 0 saturated carbocycles. The average Bonchev–Trinajstić information content (AvgIpc) is 3.35. The Balaban J connectivity index is 1.48. The molecule has 2 heterocycles. The minimum absolute atomic E-state index is 0.0376. The van der Waals surface area contributed by atoms with Crippen molar-refractivity contribution in [3.63, 3.8) is 0 Å². The molecule has 1 amide bonds. The summed E-state index contributed by atoms with van der Waals surface area (Å²) in [6.07, 6.45) is 0. The van der Waals surface area contributed by atoms with Crippen molar-refractivity contribution in [2.75, 3.05) is 11.4 Å². The van der Waals surface area contributed by atoms with Crippen molar-refractivity contribution >= 4 is 33.4 Å². The summed E-state index contributed by atoms with van der Waals surface area (Å²) in [5.74, 6) is 0.345. The number of nitrogens with zero attached hydrogens (tertiary/aromatic N) is 3. The second kappa shape index (κ2) is 10.1. The zero-order valence-electron chi connectivity index (χ0n) is 20.6. The highest BCUT2D eigenvalue weighted by Gasteiger charge is 2.30. The van der Waals surface area contributed by atoms with Crippen molar-refractivity contribution in [3.05, 3.63) is 84.3 Å². The molecule has 1 atom stereocenters. The van der Waals surface area contributed by atoms with Crippen LogP contribution in [0.3, 0.4) is 0 Å². The minimum Gasteiger partial charge on any atom is -0.337 e. The molecule has 10 heteroatoms. The molecule has 0 bridgehead atoms. The Morgan fingerprint density at radius 2 is 1.73 bits per heavy atom. The van der Waals surface area contributed by atoms with Gasteiger partial charge in [0.05, 0.1) is 16.1 Å². The summed E-state index contributed by atoms with van der Waals surface area (Å²) in [6, 6.07) is 20.7. The van der Waals surface area contributed by atoms with Crippen LogP contribution in [-0.2, 0) is 10.0 Å². The molecule has 1 aromatic heterocycles. The lowest BCUT2D eigenvalue weighted by Crippen LogP contribution is -2.32. The van der Waals surface area contributed by atoms with Crippen LogP contribution in [0.2, 0.25) is 0 Å². The predicted molar refractivity (Wildman–Crippen MR) is 142 cm³/mol. The van der Waals surface area contributed by atoms with Gasteiger partial charge in [-0.15, -0.1) is 0 Å². The van der Waals surface area contributed by atoms with Gasteiger partial charge in [0.15, 0.2) is 0 Å². The topological polar surface area (TPSA) is 105 Å². The molecule has 1 aliphatic rings. The summed E-state index contributed by atoms with van der Waals surface area (Å²) in [5, 5.41) is 4.15. The Morgan fingerprint density at radius 1 is 1.00 bits per heavy atom. The molecule has 0 spiro atoms. The fourth-order valence-corrected chi connectivity index (χ4v) is 6.64. The van der Waals surface area contributed by atoms with E-state index in [1.54, 1.807) is 23.1 Å². The predicted octanol–water partition coefficient (Wildman–Crippen LogP) is 5.54. The van der Waals surface area contributed by atoms with E-state index in [1.165, 1.54) is 23.9 Å². The van der Waals surface area contributed by atoms with Crippen LogP contribution in [0.1, 0.15) is 43.1 Å². The van der Waals surface area contributed by atoms with E-state index < -0.39 is 16.1 Å². The molecular weight excluding hydrogens is 508 g/mol. The van der Waals surface area contributed by atoms with Gasteiger partial charge in [0.2, 0.25) is 21.7 Å². The first kappa shape index (κ1) is 25.2. The molecule has 1 aliphatic heterocycles. The van der Waals surface area contributed by atoms with Crippen molar-refractivity contribution in [1.82, 2.24) is 14.9 Å². The van der Waals surface area contributed by atoms with Crippen molar-refractivity contribution in [2.45, 2.75) is 41.5 Å². The third kappa shape index (κ3) is 4.92. The summed E-state index contributed by atoms with van der Waals surface area (Å²) in [5.41, 5.74) is 2.19. The smallest absolute Gasteiger partial charge is 0.259 e. The van der Waals surface area contributed by atoms with Crippen molar-refractivity contribution in [3.8, 4) is 11.4 Å². The van der Waals surface area contributed by atoms with Crippen LogP contribution >= 0.6 is 11.8 Å². The highest BCUT2D eigenvalue weighted by molar-refractivity contribution is 7.99. The lowest BCUT2D eigenvalue weighted by Gasteiger charge is -2.21. The van der Waals surface area contributed by atoms with Crippen molar-refractivity contribution < 1.29 is 17.7 Å². The lowest BCUT2D eigenvalue weighted by atomic mass is 10.1. The number of hydrogen-bond donors (Lipinski definition) is 1. The fourth-order valence-electron chi connectivity index (χ4n) is 4.16. The summed E-state index contributed by atoms with van der Waals surface area (Å²) in [4.78, 5) is 21.4. The third-order valence-electron chi connectivity index (χ3n) is 6.12. The van der Waals surface area contributed by atoms with Gasteiger partial charge >= 0.3 is 0 Å². The molecule has 8 nitrogen and oxygen atoms in total. The molecule has 4 aromatic rings. The van der Waals surface area contributed by atoms with Gasteiger partial charge in [0, 0.05) is 21.9 Å². The van der Waals surface area contributed by atoms with E-state index in [9.17, 15) is 13.2 Å². The number of amides is 1. The van der Waals surface area contributed by atoms with Gasteiger partial charge in [-0.25, -0.2) is 8.42 Å². The van der Waals surface area contributed by atoms with Gasteiger partial charge in [-0.3, -0.25) is 4.79 Å². The molecule has 190 valence electrons. The van der Waals surface area contributed by atoms with Crippen LogP contribution < -0.4 is 9.62 Å². The second-order valence-electron chi connectivity index (χ2n) is 8.94. The largest absolute Gasteiger partial charge is 0.337 e. The quantitative estimate of drug-likeness (QED) is 0.332. The molecule has 0 radical (unpaired) electrons. The van der Waals surface area contributed by atoms with Gasteiger partial charge in [0.1, 0.15) is 6.04 Å². The van der Waals surface area contributed by atoms with Crippen LogP contribution in [0.4, 0.5) is 5.69 Å². The number of nitrogens with one attached hydrogen (secondary N) is 1. The zero-order valence-corrected chi connectivity index (χ0v) is 22.2. The number of carbonyl (C=O) groups is 1. The molecule has 0 aliphatic carbocycles. The van der Waals surface area contributed by atoms with Gasteiger partial charge in [-0.2, -0.15) is 9.71 Å². The number of fused-ring (bicyclic) bond motifs is 2. The summed E-state index contributed by atoms with van der Waals surface area (Å²) < 4.78 is 34.1. The van der Waals surface area contributed by atoms with E-state index >= 15 is 0 Å². The Kier molecular flexibility index (Phi) is 6.89. The maximum atomic E-state index is 13.2. The number of hydrogen-bond acceptors (Lipinski definition) is 7. The number of benzene rings is 3. The number of anilines is 1. The van der Waals surface area contributed by atoms with Gasteiger partial charge in [-0.1, -0.05) is 61.1 Å². The lowest BCUT2D eigenvalue weighted by molar-refractivity contribution is 0.0985. The van der Waals surface area contributed by atoms with E-state index in [0.29, 0.717) is 23.5 Å². The van der Waals surface area contributed by atoms with Crippen LogP contribution in [-0.4, -0.2) is 31.0 Å². The summed E-state index contributed by atoms with van der Waals surface area (Å²) in [7, 11) is -3.79. The number of aromatic nitrogens is 2. The molecule has 3 aromatic carbocycles. The molecule has 0 unspecified atom stereocenters. The van der Waals surface area contributed by atoms with Crippen LogP contribution in [0.15, 0.2) is 92.0 Å². The van der Waals surface area contributed by atoms with Crippen LogP contribution in [0.5, 0.6) is 0 Å². The van der Waals surface area contributed by atoms with Crippen molar-refractivity contribution in [2.24, 2.45) is 5.92 Å². The highest BCUT2D eigenvalue weighted by atomic mass is 32.2. The molecule has 0 fully saturated rings. The first-order valence-electron chi connectivity index (χ1n) is 11.9. The van der Waals surface area contributed by atoms with E-state index in [-0.39, 0.29) is 22.6 Å². The average molecular weight is 535 g/mol. The van der Waals surface area contributed by atoms with Gasteiger partial charge in [-0.05, 0) is 55.3 Å². The monoisotopic (exact) mass is 534 g/mol. The molecule has 0 saturated heterocycles. The Labute approximate surface area is 220 Å². The Hall–Kier alpha value is -3.47. The first-order valence-corrected chi connectivity index (χ1v) is 14.2. The third-order valence-corrected chi connectivity index (χ3v) is 8.70. The van der Waals surface area contributed by atoms with E-state index in [1.807, 2.05) is 63.2 Å². The zero-order chi connectivity index (χ0) is 26.2.